The predicted octanol–water partition coefficient (Wildman–Crippen LogP) is 1.89. The molecule has 0 heterocycles. The van der Waals surface area contributed by atoms with E-state index in [2.05, 4.69) is 4.99 Å². The molecule has 2 aliphatic rings. The lowest BCUT2D eigenvalue weighted by Crippen LogP contribution is -2.27. The molecule has 2 fully saturated rings. The molecule has 22 heavy (non-hydrogen) atoms. The molecule has 0 amide bonds. The number of esters is 1. The van der Waals surface area contributed by atoms with Crippen LogP contribution in [0.1, 0.15) is 45.4 Å². The minimum absolute atomic E-state index is 0.0419. The average molecular weight is 308 g/mol. The zero-order valence-corrected chi connectivity index (χ0v) is 13.0. The van der Waals surface area contributed by atoms with Crippen molar-refractivity contribution in [1.82, 2.24) is 0 Å². The number of carboxylic acid groups (broad SMARTS) is 1. The minimum Gasteiger partial charge on any atom is -0.478 e. The van der Waals surface area contributed by atoms with E-state index in [1.54, 1.807) is 0 Å². The fourth-order valence-corrected chi connectivity index (χ4v) is 2.92. The van der Waals surface area contributed by atoms with Gasteiger partial charge < -0.3 is 15.6 Å². The van der Waals surface area contributed by atoms with E-state index in [1.165, 1.54) is 0 Å². The van der Waals surface area contributed by atoms with Crippen molar-refractivity contribution in [3.8, 4) is 0 Å². The van der Waals surface area contributed by atoms with Crippen LogP contribution < -0.4 is 5.73 Å². The van der Waals surface area contributed by atoms with Crippen LogP contribution in [0, 0.1) is 11.8 Å². The van der Waals surface area contributed by atoms with Crippen molar-refractivity contribution < 1.29 is 19.4 Å². The second-order valence-electron chi connectivity index (χ2n) is 5.93. The molecular weight excluding hydrogens is 284 g/mol. The lowest BCUT2D eigenvalue weighted by molar-refractivity contribution is -0.149. The summed E-state index contributed by atoms with van der Waals surface area (Å²) in [5.74, 6) is -0.956. The first-order valence-electron chi connectivity index (χ1n) is 7.96. The lowest BCUT2D eigenvalue weighted by Gasteiger charge is -2.25. The van der Waals surface area contributed by atoms with E-state index in [0.717, 1.165) is 44.7 Å². The molecule has 0 radical (unpaired) electrons. The van der Waals surface area contributed by atoms with Crippen LogP contribution in [0.3, 0.4) is 0 Å². The molecule has 0 atom stereocenters. The van der Waals surface area contributed by atoms with Gasteiger partial charge in [-0.05, 0) is 45.4 Å². The number of hydrogen-bond acceptors (Lipinski definition) is 5. The van der Waals surface area contributed by atoms with Crippen LogP contribution in [0.2, 0.25) is 0 Å². The first-order chi connectivity index (χ1) is 10.6. The number of hydrogen-bond donors (Lipinski definition) is 2. The molecule has 2 aliphatic carbocycles. The normalized spacial score (nSPS) is 26.6. The van der Waals surface area contributed by atoms with Gasteiger partial charge in [-0.3, -0.25) is 9.79 Å². The maximum absolute atomic E-state index is 11.7. The summed E-state index contributed by atoms with van der Waals surface area (Å²) in [4.78, 5) is 27.7. The summed E-state index contributed by atoms with van der Waals surface area (Å²) in [5.41, 5.74) is 6.21. The highest BCUT2D eigenvalue weighted by Gasteiger charge is 2.34. The molecule has 0 aromatic rings. The van der Waals surface area contributed by atoms with E-state index >= 15 is 0 Å². The van der Waals surface area contributed by atoms with Gasteiger partial charge in [-0.25, -0.2) is 4.79 Å². The Balaban J connectivity index is 2.00. The molecule has 3 N–H and O–H groups in total. The smallest absolute Gasteiger partial charge is 0.339 e. The van der Waals surface area contributed by atoms with Gasteiger partial charge in [0.05, 0.1) is 29.9 Å². The second-order valence-corrected chi connectivity index (χ2v) is 5.93. The van der Waals surface area contributed by atoms with Gasteiger partial charge in [0.25, 0.3) is 0 Å². The Morgan fingerprint density at radius 3 is 2.23 bits per heavy atom. The molecule has 0 aromatic carbocycles. The molecule has 6 heteroatoms. The molecule has 0 unspecified atom stereocenters. The summed E-state index contributed by atoms with van der Waals surface area (Å²) in [6.07, 6.45) is 6.17. The number of nitrogens with zero attached hydrogens (tertiary/aromatic N) is 1. The Morgan fingerprint density at radius 1 is 1.18 bits per heavy atom. The predicted molar refractivity (Wildman–Crippen MR) is 82.4 cm³/mol. The Labute approximate surface area is 130 Å². The molecule has 0 aromatic heterocycles. The molecular formula is C16H24N2O4. The lowest BCUT2D eigenvalue weighted by atomic mass is 9.86. The minimum atomic E-state index is -1.02. The monoisotopic (exact) mass is 308 g/mol. The molecule has 0 bridgehead atoms. The van der Waals surface area contributed by atoms with Crippen LogP contribution in [-0.4, -0.2) is 35.4 Å². The average Bonchev–Trinajstić information content (AvgIpc) is 3.32. The number of ether oxygens (including phenoxy) is 1. The van der Waals surface area contributed by atoms with Gasteiger partial charge in [-0.1, -0.05) is 0 Å². The SMILES string of the molecule is CCOC(=O)C1CCC(N=C(C(=CN)C(=O)O)C2CC2)CC1. The number of aliphatic carboxylic acids is 1. The summed E-state index contributed by atoms with van der Waals surface area (Å²) in [7, 11) is 0. The molecule has 6 nitrogen and oxygen atoms in total. The Kier molecular flexibility index (Phi) is 5.57. The van der Waals surface area contributed by atoms with Crippen LogP contribution in [0.4, 0.5) is 0 Å². The highest BCUT2D eigenvalue weighted by atomic mass is 16.5. The Morgan fingerprint density at radius 2 is 1.77 bits per heavy atom. The van der Waals surface area contributed by atoms with E-state index in [9.17, 15) is 14.7 Å². The first kappa shape index (κ1) is 16.5. The van der Waals surface area contributed by atoms with E-state index in [-0.39, 0.29) is 29.4 Å². The highest BCUT2D eigenvalue weighted by molar-refractivity contribution is 6.20. The highest BCUT2D eigenvalue weighted by Crippen LogP contribution is 2.35. The molecule has 2 rings (SSSR count). The van der Waals surface area contributed by atoms with Crippen molar-refractivity contribution in [2.45, 2.75) is 51.5 Å². The zero-order valence-electron chi connectivity index (χ0n) is 13.0. The fraction of sp³-hybridized carbons (Fsp3) is 0.688. The maximum Gasteiger partial charge on any atom is 0.339 e. The van der Waals surface area contributed by atoms with E-state index < -0.39 is 5.97 Å². The van der Waals surface area contributed by atoms with Gasteiger partial charge in [0.15, 0.2) is 0 Å². The van der Waals surface area contributed by atoms with Crippen molar-refractivity contribution in [2.75, 3.05) is 6.61 Å². The third-order valence-electron chi connectivity index (χ3n) is 4.28. The van der Waals surface area contributed by atoms with Crippen LogP contribution >= 0.6 is 0 Å². The third-order valence-corrected chi connectivity index (χ3v) is 4.28. The first-order valence-corrected chi connectivity index (χ1v) is 7.96. The number of aliphatic imine (C=N–C) groups is 1. The van der Waals surface area contributed by atoms with E-state index in [1.807, 2.05) is 6.92 Å². The van der Waals surface area contributed by atoms with Gasteiger partial charge >= 0.3 is 11.9 Å². The number of rotatable bonds is 6. The van der Waals surface area contributed by atoms with Crippen molar-refractivity contribution in [3.05, 3.63) is 11.8 Å². The molecule has 2 saturated carbocycles. The molecule has 0 spiro atoms. The van der Waals surface area contributed by atoms with E-state index in [0.29, 0.717) is 12.3 Å². The van der Waals surface area contributed by atoms with Gasteiger partial charge in [0, 0.05) is 12.1 Å². The van der Waals surface area contributed by atoms with E-state index in [4.69, 9.17) is 10.5 Å². The summed E-state index contributed by atoms with van der Waals surface area (Å²) in [6.45, 7) is 2.22. The molecule has 0 aliphatic heterocycles. The standard InChI is InChI=1S/C16H24N2O4/c1-2-22-16(21)11-5-7-12(8-6-11)18-14(10-3-4-10)13(9-17)15(19)20/h9-12H,2-8,17H2,1H3,(H,19,20). The van der Waals surface area contributed by atoms with Crippen LogP contribution in [0.5, 0.6) is 0 Å². The van der Waals surface area contributed by atoms with Crippen molar-refractivity contribution in [1.29, 1.82) is 0 Å². The second kappa shape index (κ2) is 7.42. The number of carboxylic acids is 1. The van der Waals surface area contributed by atoms with Crippen molar-refractivity contribution >= 4 is 17.7 Å². The van der Waals surface area contributed by atoms with Crippen LogP contribution in [0.25, 0.3) is 0 Å². The number of nitrogens with two attached hydrogens (primary N) is 1. The van der Waals surface area contributed by atoms with Gasteiger partial charge in [0.1, 0.15) is 0 Å². The topological polar surface area (TPSA) is 102 Å². The molecule has 122 valence electrons. The Bertz CT molecular complexity index is 486. The summed E-state index contributed by atoms with van der Waals surface area (Å²) >= 11 is 0. The summed E-state index contributed by atoms with van der Waals surface area (Å²) < 4.78 is 5.05. The third kappa shape index (κ3) is 4.08. The van der Waals surface area contributed by atoms with Gasteiger partial charge in [-0.2, -0.15) is 0 Å². The quantitative estimate of drug-likeness (QED) is 0.443. The van der Waals surface area contributed by atoms with Crippen molar-refractivity contribution in [3.63, 3.8) is 0 Å². The van der Waals surface area contributed by atoms with Gasteiger partial charge in [0.2, 0.25) is 0 Å². The maximum atomic E-state index is 11.7. The Hall–Kier alpha value is -1.85. The number of carbonyl (C=O) groups excluding carboxylic acids is 1. The van der Waals surface area contributed by atoms with Crippen molar-refractivity contribution in [2.24, 2.45) is 22.6 Å². The fourth-order valence-electron chi connectivity index (χ4n) is 2.92. The molecule has 0 saturated heterocycles. The van der Waals surface area contributed by atoms with Gasteiger partial charge in [-0.15, -0.1) is 0 Å². The van der Waals surface area contributed by atoms with Crippen LogP contribution in [-0.2, 0) is 14.3 Å². The summed E-state index contributed by atoms with van der Waals surface area (Å²) in [5, 5.41) is 9.23. The number of carbonyl (C=O) groups is 2. The largest absolute Gasteiger partial charge is 0.478 e. The zero-order chi connectivity index (χ0) is 16.1. The summed E-state index contributed by atoms with van der Waals surface area (Å²) in [6, 6.07) is 0.0792. The van der Waals surface area contributed by atoms with Crippen LogP contribution in [0.15, 0.2) is 16.8 Å².